The van der Waals surface area contributed by atoms with Crippen LogP contribution in [-0.4, -0.2) is 43.8 Å². The molecule has 0 aromatic heterocycles. The van der Waals surface area contributed by atoms with Crippen molar-refractivity contribution in [1.82, 2.24) is 10.2 Å². The summed E-state index contributed by atoms with van der Waals surface area (Å²) >= 11 is 3.41. The number of benzene rings is 3. The predicted molar refractivity (Wildman–Crippen MR) is 157 cm³/mol. The molecule has 0 heterocycles. The summed E-state index contributed by atoms with van der Waals surface area (Å²) in [7, 11) is -4.08. The van der Waals surface area contributed by atoms with Gasteiger partial charge in [-0.2, -0.15) is 0 Å². The molecule has 206 valence electrons. The molecule has 1 fully saturated rings. The summed E-state index contributed by atoms with van der Waals surface area (Å²) < 4.78 is 29.4. The van der Waals surface area contributed by atoms with Gasteiger partial charge in [0.25, 0.3) is 10.0 Å². The maximum Gasteiger partial charge on any atom is 0.264 e. The molecule has 2 amide bonds. The third-order valence-electron chi connectivity index (χ3n) is 7.01. The highest BCUT2D eigenvalue weighted by molar-refractivity contribution is 9.10. The Morgan fingerprint density at radius 3 is 2.33 bits per heavy atom. The van der Waals surface area contributed by atoms with Crippen molar-refractivity contribution in [2.45, 2.75) is 63.1 Å². The summed E-state index contributed by atoms with van der Waals surface area (Å²) in [4.78, 5) is 28.8. The van der Waals surface area contributed by atoms with E-state index in [9.17, 15) is 18.0 Å². The van der Waals surface area contributed by atoms with E-state index >= 15 is 0 Å². The zero-order chi connectivity index (χ0) is 28.0. The highest BCUT2D eigenvalue weighted by atomic mass is 79.9. The monoisotopic (exact) mass is 611 g/mol. The maximum absolute atomic E-state index is 14.0. The van der Waals surface area contributed by atoms with E-state index in [0.717, 1.165) is 41.1 Å². The summed E-state index contributed by atoms with van der Waals surface area (Å²) in [6.07, 6.45) is 4.00. The average molecular weight is 613 g/mol. The summed E-state index contributed by atoms with van der Waals surface area (Å²) in [5.74, 6) is -0.701. The quantitative estimate of drug-likeness (QED) is 0.331. The second-order valence-electron chi connectivity index (χ2n) is 9.98. The first-order valence-corrected chi connectivity index (χ1v) is 15.4. The molecule has 1 saturated carbocycles. The highest BCUT2D eigenvalue weighted by Crippen LogP contribution is 2.27. The zero-order valence-corrected chi connectivity index (χ0v) is 24.6. The Morgan fingerprint density at radius 1 is 0.974 bits per heavy atom. The van der Waals surface area contributed by atoms with E-state index in [1.165, 1.54) is 17.0 Å². The van der Waals surface area contributed by atoms with Gasteiger partial charge in [-0.05, 0) is 62.6 Å². The van der Waals surface area contributed by atoms with E-state index in [-0.39, 0.29) is 23.4 Å². The average Bonchev–Trinajstić information content (AvgIpc) is 3.43. The van der Waals surface area contributed by atoms with Crippen molar-refractivity contribution < 1.29 is 18.0 Å². The number of anilines is 1. The van der Waals surface area contributed by atoms with Gasteiger partial charge in [0, 0.05) is 17.1 Å². The van der Waals surface area contributed by atoms with Gasteiger partial charge in [0.2, 0.25) is 11.8 Å². The van der Waals surface area contributed by atoms with E-state index in [1.807, 2.05) is 31.2 Å². The lowest BCUT2D eigenvalue weighted by atomic mass is 10.1. The fourth-order valence-corrected chi connectivity index (χ4v) is 6.68. The fourth-order valence-electron chi connectivity index (χ4n) is 4.86. The topological polar surface area (TPSA) is 86.8 Å². The largest absolute Gasteiger partial charge is 0.352 e. The Morgan fingerprint density at radius 2 is 1.67 bits per heavy atom. The molecule has 1 N–H and O–H groups in total. The van der Waals surface area contributed by atoms with Gasteiger partial charge >= 0.3 is 0 Å². The lowest BCUT2D eigenvalue weighted by Gasteiger charge is -2.32. The molecule has 4 rings (SSSR count). The van der Waals surface area contributed by atoms with Crippen LogP contribution in [-0.2, 0) is 26.2 Å². The minimum atomic E-state index is -4.08. The van der Waals surface area contributed by atoms with Crippen LogP contribution in [0.5, 0.6) is 0 Å². The van der Waals surface area contributed by atoms with Gasteiger partial charge < -0.3 is 10.2 Å². The van der Waals surface area contributed by atoms with Gasteiger partial charge in [0.15, 0.2) is 0 Å². The fraction of sp³-hybridized carbons (Fsp3) is 0.333. The summed E-state index contributed by atoms with van der Waals surface area (Å²) in [6.45, 7) is 3.39. The first kappa shape index (κ1) is 28.8. The van der Waals surface area contributed by atoms with Crippen LogP contribution in [0.25, 0.3) is 0 Å². The lowest BCUT2D eigenvalue weighted by molar-refractivity contribution is -0.139. The van der Waals surface area contributed by atoms with Crippen LogP contribution in [0.1, 0.15) is 43.7 Å². The second-order valence-corrected chi connectivity index (χ2v) is 12.8. The number of carbonyl (C=O) groups is 2. The normalized spacial score (nSPS) is 14.5. The van der Waals surface area contributed by atoms with Gasteiger partial charge in [-0.3, -0.25) is 13.9 Å². The van der Waals surface area contributed by atoms with Crippen LogP contribution in [0.15, 0.2) is 88.2 Å². The molecule has 7 nitrogen and oxygen atoms in total. The molecule has 3 aromatic carbocycles. The first-order valence-electron chi connectivity index (χ1n) is 13.1. The molecule has 39 heavy (non-hydrogen) atoms. The van der Waals surface area contributed by atoms with E-state index in [0.29, 0.717) is 10.2 Å². The number of hydrogen-bond donors (Lipinski definition) is 1. The van der Waals surface area contributed by atoms with Crippen molar-refractivity contribution in [2.24, 2.45) is 0 Å². The zero-order valence-electron chi connectivity index (χ0n) is 22.2. The van der Waals surface area contributed by atoms with Gasteiger partial charge in [-0.15, -0.1) is 0 Å². The summed E-state index contributed by atoms with van der Waals surface area (Å²) in [5.41, 5.74) is 2.24. The van der Waals surface area contributed by atoms with Crippen LogP contribution in [0, 0.1) is 6.92 Å². The minimum Gasteiger partial charge on any atom is -0.352 e. The number of halogens is 1. The van der Waals surface area contributed by atoms with E-state index in [4.69, 9.17) is 0 Å². The molecule has 1 aliphatic carbocycles. The molecule has 0 spiro atoms. The SMILES string of the molecule is Cc1cccc(CN(C(=O)CN(c2cccc(Br)c2)S(=O)(=O)c2ccccc2)[C@@H](C)C(=O)NC2CCCC2)c1. The molecule has 0 radical (unpaired) electrons. The number of nitrogens with one attached hydrogen (secondary N) is 1. The molecule has 0 unspecified atom stereocenters. The number of carbonyl (C=O) groups excluding carboxylic acids is 2. The number of nitrogens with zero attached hydrogens (tertiary/aromatic N) is 2. The van der Waals surface area contributed by atoms with Crippen LogP contribution in [0.3, 0.4) is 0 Å². The molecule has 3 aromatic rings. The van der Waals surface area contributed by atoms with E-state index in [2.05, 4.69) is 21.2 Å². The standard InChI is InChI=1S/C30H34BrN3O4S/c1-22-10-8-11-24(18-22)20-33(23(2)30(36)32-26-13-6-7-14-26)29(35)21-34(27-15-9-12-25(31)19-27)39(37,38)28-16-4-3-5-17-28/h3-5,8-12,15-19,23,26H,6-7,13-14,20-21H2,1-2H3,(H,32,36)/t23-/m0/s1. The van der Waals surface area contributed by atoms with Crippen molar-refractivity contribution in [3.05, 3.63) is 94.5 Å². The molecule has 9 heteroatoms. The number of aryl methyl sites for hydroxylation is 1. The summed E-state index contributed by atoms with van der Waals surface area (Å²) in [5, 5.41) is 3.09. The number of hydrogen-bond acceptors (Lipinski definition) is 4. The number of sulfonamides is 1. The van der Waals surface area contributed by atoms with E-state index < -0.39 is 28.5 Å². The highest BCUT2D eigenvalue weighted by Gasteiger charge is 2.33. The number of rotatable bonds is 10. The second kappa shape index (κ2) is 12.8. The van der Waals surface area contributed by atoms with Crippen molar-refractivity contribution in [3.63, 3.8) is 0 Å². The van der Waals surface area contributed by atoms with Gasteiger partial charge in [-0.25, -0.2) is 8.42 Å². The molecule has 1 atom stereocenters. The Labute approximate surface area is 239 Å². The van der Waals surface area contributed by atoms with Crippen LogP contribution in [0.4, 0.5) is 5.69 Å². The Kier molecular flexibility index (Phi) is 9.45. The third-order valence-corrected chi connectivity index (χ3v) is 9.29. The molecule has 1 aliphatic rings. The molecule has 0 aliphatic heterocycles. The summed E-state index contributed by atoms with van der Waals surface area (Å²) in [6, 6.07) is 21.9. The van der Waals surface area contributed by atoms with Crippen LogP contribution in [0.2, 0.25) is 0 Å². The number of amides is 2. The van der Waals surface area contributed by atoms with Gasteiger partial charge in [0.05, 0.1) is 10.6 Å². The Hall–Kier alpha value is -3.17. The molecule has 0 saturated heterocycles. The maximum atomic E-state index is 14.0. The van der Waals surface area contributed by atoms with Crippen molar-refractivity contribution in [3.8, 4) is 0 Å². The lowest BCUT2D eigenvalue weighted by Crippen LogP contribution is -2.52. The van der Waals surface area contributed by atoms with Crippen molar-refractivity contribution >= 4 is 43.5 Å². The molecular formula is C30H34BrN3O4S. The van der Waals surface area contributed by atoms with Crippen molar-refractivity contribution in [2.75, 3.05) is 10.8 Å². The third kappa shape index (κ3) is 7.28. The van der Waals surface area contributed by atoms with Crippen molar-refractivity contribution in [1.29, 1.82) is 0 Å². The van der Waals surface area contributed by atoms with Crippen LogP contribution < -0.4 is 9.62 Å². The Bertz CT molecular complexity index is 1410. The van der Waals surface area contributed by atoms with Gasteiger partial charge in [-0.1, -0.05) is 82.9 Å². The molecular weight excluding hydrogens is 578 g/mol. The van der Waals surface area contributed by atoms with E-state index in [1.54, 1.807) is 49.4 Å². The van der Waals surface area contributed by atoms with Gasteiger partial charge in [0.1, 0.15) is 12.6 Å². The van der Waals surface area contributed by atoms with Crippen LogP contribution >= 0.6 is 15.9 Å². The minimum absolute atomic E-state index is 0.0787. The first-order chi connectivity index (χ1) is 18.6. The predicted octanol–water partition coefficient (Wildman–Crippen LogP) is 5.43. The smallest absolute Gasteiger partial charge is 0.264 e. The Balaban J connectivity index is 1.68. The molecule has 0 bridgehead atoms.